The Morgan fingerprint density at radius 2 is 1.64 bits per heavy atom. The molecule has 0 spiro atoms. The fourth-order valence-electron chi connectivity index (χ4n) is 3.46. The van der Waals surface area contributed by atoms with Crippen LogP contribution in [0.4, 0.5) is 5.82 Å². The molecule has 15 heteroatoms. The topological polar surface area (TPSA) is 221 Å². The quantitative estimate of drug-likeness (QED) is 0.0623. The van der Waals surface area contributed by atoms with Gasteiger partial charge in [-0.2, -0.15) is 0 Å². The number of hydrogen-bond acceptors (Lipinski definition) is 11. The number of aromatic nitrogens is 2. The van der Waals surface area contributed by atoms with E-state index in [1.54, 1.807) is 30.6 Å². The maximum atomic E-state index is 12.0. The van der Waals surface area contributed by atoms with Gasteiger partial charge in [0.15, 0.2) is 5.78 Å². The number of aliphatic carboxylic acids is 1. The van der Waals surface area contributed by atoms with Gasteiger partial charge in [-0.1, -0.05) is 6.42 Å². The Balaban J connectivity index is 0.00000110. The molecule has 0 atom stereocenters. The summed E-state index contributed by atoms with van der Waals surface area (Å²) in [6, 6.07) is 6.83. The molecule has 2 aromatic rings. The zero-order valence-electron chi connectivity index (χ0n) is 23.8. The van der Waals surface area contributed by atoms with E-state index in [4.69, 9.17) is 26.3 Å². The van der Waals surface area contributed by atoms with Gasteiger partial charge in [-0.25, -0.2) is 4.98 Å². The Labute approximate surface area is 259 Å². The number of carbonyl (C=O) groups is 3. The summed E-state index contributed by atoms with van der Waals surface area (Å²) < 4.78 is 0. The van der Waals surface area contributed by atoms with Crippen LogP contribution in [0.1, 0.15) is 52.8 Å². The molecule has 0 aliphatic rings. The van der Waals surface area contributed by atoms with Crippen LogP contribution in [0.2, 0.25) is 0 Å². The van der Waals surface area contributed by atoms with Crippen molar-refractivity contribution in [3.05, 3.63) is 59.8 Å². The summed E-state index contributed by atoms with van der Waals surface area (Å²) in [7, 11) is 2.07. The SMILES string of the molecule is CN(CCCCCC(=O)c1cccnc1)CCCNC(=O)c1ccc(N[NH-])nc1.O=C(O)CNC(CO)(CO)CO.[Tc]. The zero-order chi connectivity index (χ0) is 30.5. The number of aliphatic hydroxyl groups excluding tert-OH is 3. The minimum atomic E-state index is -1.31. The van der Waals surface area contributed by atoms with Crippen molar-refractivity contribution in [1.82, 2.24) is 25.5 Å². The summed E-state index contributed by atoms with van der Waals surface area (Å²) in [5.74, 6) is 6.28. The predicted octanol–water partition coefficient (Wildman–Crippen LogP) is 0.725. The first kappa shape index (κ1) is 39.1. The molecule has 2 rings (SSSR count). The zero-order valence-corrected chi connectivity index (χ0v) is 25.6. The summed E-state index contributed by atoms with van der Waals surface area (Å²) in [5.41, 5.74) is 2.04. The van der Waals surface area contributed by atoms with Crippen molar-refractivity contribution in [2.24, 2.45) is 0 Å². The van der Waals surface area contributed by atoms with Crippen LogP contribution in [0.25, 0.3) is 5.84 Å². The van der Waals surface area contributed by atoms with Gasteiger partial charge in [-0.15, -0.1) is 0 Å². The molecular formula is C27H42N7O7Tc-. The van der Waals surface area contributed by atoms with Crippen LogP contribution in [0, 0.1) is 0 Å². The molecule has 2 heterocycles. The number of carboxylic acids is 1. The first-order chi connectivity index (χ1) is 19.7. The van der Waals surface area contributed by atoms with Crippen LogP contribution in [0.3, 0.4) is 0 Å². The number of nitrogens with zero attached hydrogens (tertiary/aromatic N) is 3. The summed E-state index contributed by atoms with van der Waals surface area (Å²) in [5, 5.41) is 39.6. The third kappa shape index (κ3) is 15.9. The van der Waals surface area contributed by atoms with Crippen molar-refractivity contribution in [3.8, 4) is 0 Å². The van der Waals surface area contributed by atoms with Gasteiger partial charge in [0.1, 0.15) is 5.82 Å². The number of ketones is 1. The molecule has 0 aliphatic carbocycles. The van der Waals surface area contributed by atoms with E-state index in [2.05, 4.69) is 38.0 Å². The predicted molar refractivity (Wildman–Crippen MR) is 153 cm³/mol. The summed E-state index contributed by atoms with van der Waals surface area (Å²) >= 11 is 0. The normalized spacial score (nSPS) is 10.7. The fourth-order valence-corrected chi connectivity index (χ4v) is 3.46. The van der Waals surface area contributed by atoms with E-state index in [0.717, 1.165) is 38.8 Å². The van der Waals surface area contributed by atoms with Gasteiger partial charge in [-0.05, 0) is 63.7 Å². The van der Waals surface area contributed by atoms with E-state index in [-0.39, 0.29) is 31.8 Å². The van der Waals surface area contributed by atoms with Crippen molar-refractivity contribution in [3.63, 3.8) is 0 Å². The number of nitrogens with one attached hydrogen (secondary N) is 4. The first-order valence-electron chi connectivity index (χ1n) is 13.3. The Kier molecular flexibility index (Phi) is 21.1. The van der Waals surface area contributed by atoms with Crippen LogP contribution in [-0.4, -0.2) is 112 Å². The Bertz CT molecular complexity index is 1020. The number of carboxylic acid groups (broad SMARTS) is 1. The van der Waals surface area contributed by atoms with Crippen LogP contribution >= 0.6 is 0 Å². The molecule has 14 nitrogen and oxygen atoms in total. The molecule has 8 N–H and O–H groups in total. The number of carbonyl (C=O) groups excluding carboxylic acids is 2. The number of unbranched alkanes of at least 4 members (excludes halogenated alkanes) is 2. The molecule has 0 aromatic carbocycles. The molecule has 0 aliphatic heterocycles. The molecule has 2 aromatic heterocycles. The number of pyridine rings is 2. The maximum Gasteiger partial charge on any atom is 0.317 e. The van der Waals surface area contributed by atoms with E-state index in [1.165, 1.54) is 6.20 Å². The second kappa shape index (κ2) is 22.7. The number of amides is 1. The van der Waals surface area contributed by atoms with Gasteiger partial charge < -0.3 is 41.9 Å². The minimum Gasteiger partial charge on any atom is -0.585 e. The van der Waals surface area contributed by atoms with Crippen LogP contribution < -0.4 is 16.1 Å². The van der Waals surface area contributed by atoms with E-state index in [9.17, 15) is 14.4 Å². The molecule has 1 amide bonds. The Morgan fingerprint density at radius 3 is 2.19 bits per heavy atom. The molecule has 0 unspecified atom stereocenters. The number of rotatable bonds is 19. The molecule has 42 heavy (non-hydrogen) atoms. The Morgan fingerprint density at radius 1 is 0.952 bits per heavy atom. The second-order valence-corrected chi connectivity index (χ2v) is 9.45. The van der Waals surface area contributed by atoms with Gasteiger partial charge in [0.2, 0.25) is 0 Å². The van der Waals surface area contributed by atoms with Gasteiger partial charge in [0.25, 0.3) is 5.91 Å². The van der Waals surface area contributed by atoms with Gasteiger partial charge in [0.05, 0.1) is 37.5 Å². The van der Waals surface area contributed by atoms with Crippen LogP contribution in [-0.2, 0) is 24.9 Å². The smallest absolute Gasteiger partial charge is 0.317 e. The van der Waals surface area contributed by atoms with E-state index < -0.39 is 37.9 Å². The monoisotopic (exact) mass is 673 g/mol. The summed E-state index contributed by atoms with van der Waals surface area (Å²) in [6.45, 7) is 0.492. The standard InChI is InChI=1S/C21H29N6O2.C6H13NO5.Tc/c1-27(13-4-2-3-8-19(28)17-7-5-11-23-15-17)14-6-12-24-21(29)18-9-10-20(26-22)25-16-18;8-2-6(3-9,4-10)7-1-5(11)12;/h5,7,9-11,15-16,22H,2-4,6,8,12-14H2,1H3,(H2,24,25,26,29);7-10H,1-4H2,(H,11,12);/q-1;;. The van der Waals surface area contributed by atoms with Gasteiger partial charge >= 0.3 is 5.97 Å². The van der Waals surface area contributed by atoms with Crippen molar-refractivity contribution < 1.29 is 54.9 Å². The van der Waals surface area contributed by atoms with Crippen LogP contribution in [0.15, 0.2) is 42.9 Å². The molecule has 0 saturated heterocycles. The third-order valence-corrected chi connectivity index (χ3v) is 6.11. The second-order valence-electron chi connectivity index (χ2n) is 9.45. The number of hydrogen-bond donors (Lipinski definition) is 7. The third-order valence-electron chi connectivity index (χ3n) is 6.11. The maximum absolute atomic E-state index is 12.0. The fraction of sp³-hybridized carbons (Fsp3) is 0.519. The average Bonchev–Trinajstić information content (AvgIpc) is 3.00. The molecule has 0 fully saturated rings. The molecule has 0 saturated carbocycles. The summed E-state index contributed by atoms with van der Waals surface area (Å²) in [6.07, 6.45) is 9.13. The van der Waals surface area contributed by atoms with E-state index >= 15 is 0 Å². The van der Waals surface area contributed by atoms with E-state index in [1.807, 2.05) is 6.07 Å². The van der Waals surface area contributed by atoms with Gasteiger partial charge in [-0.3, -0.25) is 24.7 Å². The summed E-state index contributed by atoms with van der Waals surface area (Å²) in [4.78, 5) is 44.3. The van der Waals surface area contributed by atoms with Crippen LogP contribution in [0.5, 0.6) is 0 Å². The van der Waals surface area contributed by atoms with E-state index in [0.29, 0.717) is 29.9 Å². The largest absolute Gasteiger partial charge is 0.585 e. The molecule has 235 valence electrons. The Hall–Kier alpha value is -2.88. The number of anilines is 1. The average molecular weight is 675 g/mol. The number of aliphatic hydroxyl groups is 3. The minimum absolute atomic E-state index is 0. The molecule has 1 radical (unpaired) electrons. The van der Waals surface area contributed by atoms with Gasteiger partial charge in [0, 0.05) is 57.2 Å². The van der Waals surface area contributed by atoms with Crippen molar-refractivity contribution in [2.75, 3.05) is 58.5 Å². The molecular weight excluding hydrogens is 632 g/mol. The van der Waals surface area contributed by atoms with Crippen molar-refractivity contribution >= 4 is 23.5 Å². The van der Waals surface area contributed by atoms with Crippen molar-refractivity contribution in [1.29, 1.82) is 0 Å². The molecule has 0 bridgehead atoms. The first-order valence-corrected chi connectivity index (χ1v) is 13.3. The van der Waals surface area contributed by atoms with Crippen molar-refractivity contribution in [2.45, 2.75) is 37.6 Å². The number of Topliss-reactive ketones (excluding diaryl/α,β-unsaturated/α-hetero) is 1.